The Hall–Kier alpha value is -2.56. The third kappa shape index (κ3) is 6.22. The van der Waals surface area contributed by atoms with Crippen LogP contribution in [0.3, 0.4) is 0 Å². The van der Waals surface area contributed by atoms with Crippen LogP contribution in [0.2, 0.25) is 0 Å². The second-order valence-electron chi connectivity index (χ2n) is 7.44. The van der Waals surface area contributed by atoms with Gasteiger partial charge in [-0.15, -0.1) is 0 Å². The van der Waals surface area contributed by atoms with Crippen molar-refractivity contribution in [2.45, 2.75) is 20.3 Å². The number of aryl methyl sites for hydroxylation is 1. The number of anilines is 2. The van der Waals surface area contributed by atoms with Gasteiger partial charge in [-0.1, -0.05) is 12.1 Å². The van der Waals surface area contributed by atoms with Crippen molar-refractivity contribution in [3.8, 4) is 0 Å². The van der Waals surface area contributed by atoms with Gasteiger partial charge in [0, 0.05) is 38.4 Å². The first-order valence-electron chi connectivity index (χ1n) is 10.3. The van der Waals surface area contributed by atoms with Crippen LogP contribution >= 0.6 is 0 Å². The quantitative estimate of drug-likeness (QED) is 0.678. The summed E-state index contributed by atoms with van der Waals surface area (Å²) in [4.78, 5) is 18.4. The number of hydrogen-bond donors (Lipinski definition) is 2. The van der Waals surface area contributed by atoms with Crippen LogP contribution < -0.4 is 10.6 Å². The lowest BCUT2D eigenvalue weighted by molar-refractivity contribution is 0.190. The zero-order chi connectivity index (χ0) is 22.4. The predicted molar refractivity (Wildman–Crippen MR) is 119 cm³/mol. The summed E-state index contributed by atoms with van der Waals surface area (Å²) in [7, 11) is -3.16. The van der Waals surface area contributed by atoms with E-state index in [1.807, 2.05) is 6.92 Å². The molecule has 1 aliphatic rings. The third-order valence-electron chi connectivity index (χ3n) is 5.28. The fourth-order valence-corrected chi connectivity index (χ4v) is 4.47. The van der Waals surface area contributed by atoms with Gasteiger partial charge in [0.15, 0.2) is 0 Å². The molecule has 0 saturated carbocycles. The summed E-state index contributed by atoms with van der Waals surface area (Å²) in [5.74, 6) is -0.363. The van der Waals surface area contributed by atoms with Crippen molar-refractivity contribution in [2.24, 2.45) is 0 Å². The van der Waals surface area contributed by atoms with Gasteiger partial charge in [-0.25, -0.2) is 17.6 Å². The van der Waals surface area contributed by atoms with E-state index < -0.39 is 21.9 Å². The first kappa shape index (κ1) is 23.1. The molecule has 8 nitrogen and oxygen atoms in total. The summed E-state index contributed by atoms with van der Waals surface area (Å²) < 4.78 is 40.3. The van der Waals surface area contributed by atoms with Crippen LogP contribution in [0, 0.1) is 12.7 Å². The fraction of sp³-hybridized carbons (Fsp3) is 0.429. The summed E-state index contributed by atoms with van der Waals surface area (Å²) in [5.41, 5.74) is 1.95. The molecule has 2 amide bonds. The molecule has 0 unspecified atom stereocenters. The smallest absolute Gasteiger partial charge is 0.306 e. The lowest BCUT2D eigenvalue weighted by Crippen LogP contribution is -2.49. The minimum absolute atomic E-state index is 0.103. The van der Waals surface area contributed by atoms with E-state index in [-0.39, 0.29) is 11.4 Å². The summed E-state index contributed by atoms with van der Waals surface area (Å²) in [6.07, 6.45) is 2.00. The standard InChI is InChI=1S/C21H28FN5O3S/c1-3-31(29,30)27-13-11-26(12-14-27)10-9-17-5-4-6-19(20(17)22)25-21(28)24-18-8-7-16(2)23-15-18/h4-8,15H,3,9-14H2,1-2H3,(H2,24,25,28). The van der Waals surface area contributed by atoms with Crippen molar-refractivity contribution in [3.05, 3.63) is 53.6 Å². The molecule has 0 bridgehead atoms. The lowest BCUT2D eigenvalue weighted by Gasteiger charge is -2.33. The van der Waals surface area contributed by atoms with Crippen LogP contribution in [0.5, 0.6) is 0 Å². The Balaban J connectivity index is 1.53. The van der Waals surface area contributed by atoms with Crippen molar-refractivity contribution in [2.75, 3.05) is 49.1 Å². The highest BCUT2D eigenvalue weighted by molar-refractivity contribution is 7.89. The first-order chi connectivity index (χ1) is 14.8. The van der Waals surface area contributed by atoms with Crippen LogP contribution in [-0.4, -0.2) is 67.1 Å². The molecule has 1 aliphatic heterocycles. The minimum atomic E-state index is -3.16. The highest BCUT2D eigenvalue weighted by Crippen LogP contribution is 2.20. The molecule has 0 aliphatic carbocycles. The van der Waals surface area contributed by atoms with E-state index in [1.165, 1.54) is 16.6 Å². The molecule has 1 aromatic heterocycles. The molecule has 3 rings (SSSR count). The molecule has 2 N–H and O–H groups in total. The molecular formula is C21H28FN5O3S. The van der Waals surface area contributed by atoms with Crippen LogP contribution in [0.1, 0.15) is 18.2 Å². The Bertz CT molecular complexity index is 1010. The molecule has 2 aromatic rings. The molecule has 1 fully saturated rings. The Labute approximate surface area is 182 Å². The molecule has 0 spiro atoms. The lowest BCUT2D eigenvalue weighted by atomic mass is 10.1. The van der Waals surface area contributed by atoms with Crippen molar-refractivity contribution < 1.29 is 17.6 Å². The van der Waals surface area contributed by atoms with Gasteiger partial charge >= 0.3 is 6.03 Å². The fourth-order valence-electron chi connectivity index (χ4n) is 3.39. The first-order valence-corrected chi connectivity index (χ1v) is 11.9. The molecule has 10 heteroatoms. The zero-order valence-corrected chi connectivity index (χ0v) is 18.6. The van der Waals surface area contributed by atoms with Gasteiger partial charge in [-0.3, -0.25) is 4.98 Å². The molecular weight excluding hydrogens is 421 g/mol. The van der Waals surface area contributed by atoms with Gasteiger partial charge in [0.25, 0.3) is 0 Å². The molecule has 0 radical (unpaired) electrons. The number of sulfonamides is 1. The molecule has 0 atom stereocenters. The number of halogens is 1. The van der Waals surface area contributed by atoms with Gasteiger partial charge in [0.2, 0.25) is 10.0 Å². The summed E-state index contributed by atoms with van der Waals surface area (Å²) >= 11 is 0. The number of urea groups is 1. The third-order valence-corrected chi connectivity index (χ3v) is 7.16. The average Bonchev–Trinajstić information content (AvgIpc) is 2.76. The molecule has 31 heavy (non-hydrogen) atoms. The number of pyridine rings is 1. The van der Waals surface area contributed by atoms with E-state index in [2.05, 4.69) is 20.5 Å². The van der Waals surface area contributed by atoms with Crippen LogP contribution in [0.4, 0.5) is 20.6 Å². The number of carbonyl (C=O) groups excluding carboxylic acids is 1. The van der Waals surface area contributed by atoms with Gasteiger partial charge in [0.1, 0.15) is 5.82 Å². The van der Waals surface area contributed by atoms with Crippen LogP contribution in [-0.2, 0) is 16.4 Å². The highest BCUT2D eigenvalue weighted by Gasteiger charge is 2.25. The Morgan fingerprint density at radius 2 is 1.87 bits per heavy atom. The number of benzene rings is 1. The maximum absolute atomic E-state index is 14.9. The van der Waals surface area contributed by atoms with Crippen LogP contribution in [0.15, 0.2) is 36.5 Å². The minimum Gasteiger partial charge on any atom is -0.306 e. The second kappa shape index (κ2) is 10.2. The van der Waals surface area contributed by atoms with Crippen molar-refractivity contribution in [1.82, 2.24) is 14.2 Å². The molecule has 2 heterocycles. The Morgan fingerprint density at radius 3 is 2.52 bits per heavy atom. The monoisotopic (exact) mass is 449 g/mol. The van der Waals surface area contributed by atoms with E-state index in [0.717, 1.165) is 5.69 Å². The topological polar surface area (TPSA) is 94.6 Å². The van der Waals surface area contributed by atoms with Crippen LogP contribution in [0.25, 0.3) is 0 Å². The number of nitrogens with zero attached hydrogens (tertiary/aromatic N) is 3. The van der Waals surface area contributed by atoms with E-state index >= 15 is 0 Å². The maximum Gasteiger partial charge on any atom is 0.323 e. The van der Waals surface area contributed by atoms with Crippen molar-refractivity contribution in [1.29, 1.82) is 0 Å². The summed E-state index contributed by atoms with van der Waals surface area (Å²) in [6.45, 7) is 6.24. The second-order valence-corrected chi connectivity index (χ2v) is 9.69. The number of carbonyl (C=O) groups is 1. The number of piperazine rings is 1. The highest BCUT2D eigenvalue weighted by atomic mass is 32.2. The molecule has 1 aromatic carbocycles. The van der Waals surface area contributed by atoms with E-state index in [4.69, 9.17) is 0 Å². The van der Waals surface area contributed by atoms with E-state index in [0.29, 0.717) is 50.4 Å². The van der Waals surface area contributed by atoms with E-state index in [9.17, 15) is 17.6 Å². The number of rotatable bonds is 7. The average molecular weight is 450 g/mol. The zero-order valence-electron chi connectivity index (χ0n) is 17.8. The Morgan fingerprint density at radius 1 is 1.13 bits per heavy atom. The number of amides is 2. The number of aromatic nitrogens is 1. The predicted octanol–water partition coefficient (Wildman–Crippen LogP) is 2.68. The normalized spacial score (nSPS) is 15.6. The molecule has 1 saturated heterocycles. The van der Waals surface area contributed by atoms with Crippen molar-refractivity contribution in [3.63, 3.8) is 0 Å². The van der Waals surface area contributed by atoms with E-state index in [1.54, 1.807) is 31.2 Å². The largest absolute Gasteiger partial charge is 0.323 e. The van der Waals surface area contributed by atoms with Gasteiger partial charge in [-0.2, -0.15) is 4.31 Å². The Kier molecular flexibility index (Phi) is 7.58. The SMILES string of the molecule is CCS(=O)(=O)N1CCN(CCc2cccc(NC(=O)Nc3ccc(C)nc3)c2F)CC1. The molecule has 168 valence electrons. The maximum atomic E-state index is 14.9. The summed E-state index contributed by atoms with van der Waals surface area (Å²) in [6, 6.07) is 7.86. The number of hydrogen-bond acceptors (Lipinski definition) is 5. The summed E-state index contributed by atoms with van der Waals surface area (Å²) in [5, 5.41) is 5.17. The number of nitrogens with one attached hydrogen (secondary N) is 2. The van der Waals surface area contributed by atoms with Gasteiger partial charge < -0.3 is 15.5 Å². The van der Waals surface area contributed by atoms with Gasteiger partial charge in [0.05, 0.1) is 23.3 Å². The van der Waals surface area contributed by atoms with Crippen molar-refractivity contribution >= 4 is 27.4 Å². The van der Waals surface area contributed by atoms with Gasteiger partial charge in [-0.05, 0) is 44.0 Å².